The number of halogens is 2. The highest BCUT2D eigenvalue weighted by Crippen LogP contribution is 2.36. The van der Waals surface area contributed by atoms with E-state index < -0.39 is 23.2 Å². The van der Waals surface area contributed by atoms with Crippen molar-refractivity contribution in [1.82, 2.24) is 4.90 Å². The molecule has 1 aromatic rings. The number of aliphatic carboxylic acids is 1. The Hall–Kier alpha value is -1.27. The van der Waals surface area contributed by atoms with E-state index in [0.717, 1.165) is 9.37 Å². The van der Waals surface area contributed by atoms with Crippen molar-refractivity contribution in [3.63, 3.8) is 0 Å². The number of carboxylic acids is 1. The second-order valence-electron chi connectivity index (χ2n) is 6.23. The van der Waals surface area contributed by atoms with Gasteiger partial charge in [-0.3, -0.25) is 4.90 Å². The average Bonchev–Trinajstić information content (AvgIpc) is 2.36. The summed E-state index contributed by atoms with van der Waals surface area (Å²) in [5.41, 5.74) is -2.05. The molecule has 0 heterocycles. The summed E-state index contributed by atoms with van der Waals surface area (Å²) in [6.07, 6.45) is -0.705. The highest BCUT2D eigenvalue weighted by molar-refractivity contribution is 9.10. The number of hydrogen-bond donors (Lipinski definition) is 1. The van der Waals surface area contributed by atoms with Gasteiger partial charge in [0.1, 0.15) is 5.60 Å². The van der Waals surface area contributed by atoms with Crippen LogP contribution in [0.15, 0.2) is 22.7 Å². The van der Waals surface area contributed by atoms with Crippen LogP contribution >= 0.6 is 27.5 Å². The van der Waals surface area contributed by atoms with Gasteiger partial charge in [0, 0.05) is 21.6 Å². The second kappa shape index (κ2) is 7.09. The molecular formula is C16H21BrClNO4. The normalized spacial score (nSPS) is 14.0. The van der Waals surface area contributed by atoms with Crippen molar-refractivity contribution in [2.24, 2.45) is 0 Å². The number of hydrogen-bond acceptors (Lipinski definition) is 3. The fourth-order valence-electron chi connectivity index (χ4n) is 2.21. The van der Waals surface area contributed by atoms with Gasteiger partial charge < -0.3 is 9.84 Å². The molecular weight excluding hydrogens is 386 g/mol. The summed E-state index contributed by atoms with van der Waals surface area (Å²) >= 11 is 9.51. The third-order valence-electron chi connectivity index (χ3n) is 3.34. The summed E-state index contributed by atoms with van der Waals surface area (Å²) in [7, 11) is 0. The predicted octanol–water partition coefficient (Wildman–Crippen LogP) is 4.66. The number of rotatable bonds is 4. The van der Waals surface area contributed by atoms with Crippen molar-refractivity contribution in [1.29, 1.82) is 0 Å². The molecule has 0 aliphatic carbocycles. The molecule has 0 saturated carbocycles. The molecule has 128 valence electrons. The van der Waals surface area contributed by atoms with Crippen LogP contribution in [0.2, 0.25) is 5.02 Å². The molecule has 1 amide bonds. The molecule has 7 heteroatoms. The Morgan fingerprint density at radius 3 is 2.26 bits per heavy atom. The minimum atomic E-state index is -1.64. The number of likely N-dealkylation sites (N-methyl/N-ethyl adjacent to an activating group) is 1. The van der Waals surface area contributed by atoms with E-state index >= 15 is 0 Å². The molecule has 1 rings (SSSR count). The summed E-state index contributed by atoms with van der Waals surface area (Å²) in [6.45, 7) is 8.47. The maximum atomic E-state index is 12.5. The lowest BCUT2D eigenvalue weighted by Gasteiger charge is -2.38. The molecule has 5 nitrogen and oxygen atoms in total. The summed E-state index contributed by atoms with van der Waals surface area (Å²) in [6, 6.07) is 4.87. The van der Waals surface area contributed by atoms with Gasteiger partial charge in [0.05, 0.1) is 0 Å². The Labute approximate surface area is 149 Å². The topological polar surface area (TPSA) is 66.8 Å². The lowest BCUT2D eigenvalue weighted by atomic mass is 9.90. The summed E-state index contributed by atoms with van der Waals surface area (Å²) in [5.74, 6) is -1.19. The smallest absolute Gasteiger partial charge is 0.411 e. The van der Waals surface area contributed by atoms with Crippen molar-refractivity contribution in [3.8, 4) is 0 Å². The quantitative estimate of drug-likeness (QED) is 0.789. The molecule has 0 bridgehead atoms. The SMILES string of the molecule is CCN(C(=O)OC(C)(C)C)C(C)(C(=O)O)c1ccc(Br)cc1Cl. The van der Waals surface area contributed by atoms with Gasteiger partial charge in [0.15, 0.2) is 5.54 Å². The fourth-order valence-corrected chi connectivity index (χ4v) is 3.06. The first-order chi connectivity index (χ1) is 10.4. The zero-order valence-corrected chi connectivity index (χ0v) is 16.2. The summed E-state index contributed by atoms with van der Waals surface area (Å²) in [5, 5.41) is 10.1. The van der Waals surface area contributed by atoms with E-state index in [1.165, 1.54) is 6.92 Å². The first-order valence-electron chi connectivity index (χ1n) is 7.13. The standard InChI is InChI=1S/C16H21BrClNO4/c1-6-19(14(22)23-15(2,3)4)16(5,13(20)21)11-8-7-10(17)9-12(11)18/h7-9H,6H2,1-5H3,(H,20,21). The van der Waals surface area contributed by atoms with Crippen LogP contribution in [0, 0.1) is 0 Å². The highest BCUT2D eigenvalue weighted by atomic mass is 79.9. The number of ether oxygens (including phenoxy) is 1. The van der Waals surface area contributed by atoms with E-state index in [0.29, 0.717) is 5.56 Å². The van der Waals surface area contributed by atoms with Crippen LogP contribution < -0.4 is 0 Å². The first-order valence-corrected chi connectivity index (χ1v) is 8.30. The van der Waals surface area contributed by atoms with Crippen LogP contribution in [0.1, 0.15) is 40.2 Å². The van der Waals surface area contributed by atoms with Gasteiger partial charge in [-0.2, -0.15) is 0 Å². The summed E-state index contributed by atoms with van der Waals surface area (Å²) in [4.78, 5) is 25.7. The molecule has 23 heavy (non-hydrogen) atoms. The van der Waals surface area contributed by atoms with Gasteiger partial charge in [-0.25, -0.2) is 9.59 Å². The van der Waals surface area contributed by atoms with Crippen LogP contribution in [-0.2, 0) is 15.1 Å². The van der Waals surface area contributed by atoms with Gasteiger partial charge in [-0.1, -0.05) is 33.6 Å². The van der Waals surface area contributed by atoms with Gasteiger partial charge >= 0.3 is 12.1 Å². The van der Waals surface area contributed by atoms with Crippen LogP contribution in [-0.4, -0.2) is 34.2 Å². The molecule has 0 fully saturated rings. The van der Waals surface area contributed by atoms with E-state index in [2.05, 4.69) is 15.9 Å². The molecule has 0 saturated heterocycles. The lowest BCUT2D eigenvalue weighted by molar-refractivity contribution is -0.150. The molecule has 0 spiro atoms. The van der Waals surface area contributed by atoms with Gasteiger partial charge in [0.2, 0.25) is 0 Å². The van der Waals surface area contributed by atoms with E-state index in [-0.39, 0.29) is 11.6 Å². The minimum absolute atomic E-state index is 0.157. The maximum absolute atomic E-state index is 12.5. The zero-order valence-electron chi connectivity index (χ0n) is 13.8. The molecule has 1 N–H and O–H groups in total. The van der Waals surface area contributed by atoms with Crippen LogP contribution in [0.5, 0.6) is 0 Å². The lowest BCUT2D eigenvalue weighted by Crippen LogP contribution is -2.54. The number of nitrogens with zero attached hydrogens (tertiary/aromatic N) is 1. The fraction of sp³-hybridized carbons (Fsp3) is 0.500. The number of carbonyl (C=O) groups excluding carboxylic acids is 1. The van der Waals surface area contributed by atoms with Gasteiger partial charge in [-0.05, 0) is 46.8 Å². The van der Waals surface area contributed by atoms with Crippen LogP contribution in [0.3, 0.4) is 0 Å². The molecule has 0 aromatic heterocycles. The molecule has 0 aliphatic rings. The second-order valence-corrected chi connectivity index (χ2v) is 7.55. The minimum Gasteiger partial charge on any atom is -0.479 e. The Balaban J connectivity index is 3.41. The Morgan fingerprint density at radius 1 is 1.30 bits per heavy atom. The average molecular weight is 407 g/mol. The van der Waals surface area contributed by atoms with E-state index in [9.17, 15) is 14.7 Å². The van der Waals surface area contributed by atoms with E-state index in [1.54, 1.807) is 45.9 Å². The van der Waals surface area contributed by atoms with Gasteiger partial charge in [-0.15, -0.1) is 0 Å². The molecule has 0 aliphatic heterocycles. The monoisotopic (exact) mass is 405 g/mol. The van der Waals surface area contributed by atoms with Crippen LogP contribution in [0.4, 0.5) is 4.79 Å². The van der Waals surface area contributed by atoms with Crippen molar-refractivity contribution < 1.29 is 19.4 Å². The predicted molar refractivity (Wildman–Crippen MR) is 92.8 cm³/mol. The van der Waals surface area contributed by atoms with Gasteiger partial charge in [0.25, 0.3) is 0 Å². The van der Waals surface area contributed by atoms with Crippen molar-refractivity contribution in [2.45, 2.75) is 45.8 Å². The Bertz CT molecular complexity index is 615. The van der Waals surface area contributed by atoms with Crippen molar-refractivity contribution in [2.75, 3.05) is 6.54 Å². The Morgan fingerprint density at radius 2 is 1.87 bits per heavy atom. The van der Waals surface area contributed by atoms with Crippen molar-refractivity contribution in [3.05, 3.63) is 33.3 Å². The van der Waals surface area contributed by atoms with E-state index in [4.69, 9.17) is 16.3 Å². The Kier molecular flexibility index (Phi) is 6.10. The molecule has 0 radical (unpaired) electrons. The van der Waals surface area contributed by atoms with Crippen molar-refractivity contribution >= 4 is 39.6 Å². The largest absolute Gasteiger partial charge is 0.479 e. The third-order valence-corrected chi connectivity index (χ3v) is 4.15. The summed E-state index contributed by atoms with van der Waals surface area (Å²) < 4.78 is 6.07. The molecule has 1 aromatic carbocycles. The number of benzene rings is 1. The number of amides is 1. The van der Waals surface area contributed by atoms with E-state index in [1.807, 2.05) is 0 Å². The molecule has 1 unspecified atom stereocenters. The highest BCUT2D eigenvalue weighted by Gasteiger charge is 2.46. The maximum Gasteiger partial charge on any atom is 0.411 e. The number of carbonyl (C=O) groups is 2. The molecule has 1 atom stereocenters. The third kappa shape index (κ3) is 4.38. The number of carboxylic acid groups (broad SMARTS) is 1. The van der Waals surface area contributed by atoms with Crippen LogP contribution in [0.25, 0.3) is 0 Å². The first kappa shape index (κ1) is 19.8. The zero-order chi connectivity index (χ0) is 18.0.